The second-order valence-corrected chi connectivity index (χ2v) is 22.5. The Labute approximate surface area is 471 Å². The lowest BCUT2D eigenvalue weighted by molar-refractivity contribution is 1.14. The van der Waals surface area contributed by atoms with Crippen LogP contribution in [0.3, 0.4) is 0 Å². The number of nitriles is 1. The van der Waals surface area contributed by atoms with E-state index in [0.29, 0.717) is 49.9 Å². The molecule has 368 valence electrons. The summed E-state index contributed by atoms with van der Waals surface area (Å²) in [5.74, 6) is 0. The van der Waals surface area contributed by atoms with Gasteiger partial charge in [0, 0.05) is 63.6 Å². The van der Waals surface area contributed by atoms with Crippen LogP contribution in [0.25, 0.3) is 166 Å². The second kappa shape index (κ2) is 17.1. The van der Waals surface area contributed by atoms with Crippen LogP contribution in [0.15, 0.2) is 243 Å². The van der Waals surface area contributed by atoms with Gasteiger partial charge in [-0.3, -0.25) is 0 Å². The predicted molar refractivity (Wildman–Crippen MR) is 340 cm³/mol. The SMILES string of the molecule is [2H]c1c([2H])c2c3ccccc3c3cccc4c3c2c(c1[2H])n4-c1c([N+]#[C-])c(-c2ccccc2)c(C#N)c(-n2c3c(ccc4c5cccc(-c6ccccc6)c5sc43)c3ccc4c5cccc(-c6ccccc6)c5sc4c32)c1-c1ccccc1. The van der Waals surface area contributed by atoms with Crippen LogP contribution in [0.2, 0.25) is 0 Å². The van der Waals surface area contributed by atoms with Gasteiger partial charge in [-0.1, -0.05) is 230 Å². The zero-order valence-electron chi connectivity index (χ0n) is 45.5. The van der Waals surface area contributed by atoms with Crippen LogP contribution in [0, 0.1) is 17.9 Å². The molecule has 4 nitrogen and oxygen atoms in total. The van der Waals surface area contributed by atoms with Crippen LogP contribution in [0.4, 0.5) is 5.69 Å². The molecule has 4 heterocycles. The van der Waals surface area contributed by atoms with Crippen molar-refractivity contribution < 1.29 is 4.11 Å². The first-order chi connectivity index (χ1) is 40.9. The lowest BCUT2D eigenvalue weighted by Gasteiger charge is -2.26. The summed E-state index contributed by atoms with van der Waals surface area (Å²) in [6.07, 6.45) is 0. The quantitative estimate of drug-likeness (QED) is 0.121. The van der Waals surface area contributed by atoms with Crippen molar-refractivity contribution in [3.05, 3.63) is 260 Å². The van der Waals surface area contributed by atoms with E-state index in [9.17, 15) is 15.9 Å². The summed E-state index contributed by atoms with van der Waals surface area (Å²) in [7, 11) is 0. The van der Waals surface area contributed by atoms with E-state index in [-0.39, 0.29) is 23.8 Å². The zero-order valence-corrected chi connectivity index (χ0v) is 44.1. The van der Waals surface area contributed by atoms with Gasteiger partial charge in [-0.15, -0.1) is 22.7 Å². The van der Waals surface area contributed by atoms with Crippen LogP contribution in [-0.4, -0.2) is 9.13 Å². The number of hydrogen-bond acceptors (Lipinski definition) is 3. The number of aromatic nitrogens is 2. The van der Waals surface area contributed by atoms with Gasteiger partial charge in [0.25, 0.3) is 0 Å². The molecule has 0 aliphatic heterocycles. The summed E-state index contributed by atoms with van der Waals surface area (Å²) in [5, 5.41) is 23.8. The Balaban J connectivity index is 1.16. The van der Waals surface area contributed by atoms with E-state index in [0.717, 1.165) is 117 Å². The molecule has 0 fully saturated rings. The van der Waals surface area contributed by atoms with Gasteiger partial charge in [0.05, 0.1) is 59.1 Å². The minimum absolute atomic E-state index is 0.0153. The summed E-state index contributed by atoms with van der Waals surface area (Å²) in [5.41, 5.74) is 11.7. The molecular weight excluding hydrogens is 1010 g/mol. The fraction of sp³-hybridized carbons (Fsp3) is 0. The Morgan fingerprint density at radius 1 is 0.388 bits per heavy atom. The third-order valence-electron chi connectivity index (χ3n) is 16.5. The molecule has 0 saturated carbocycles. The molecule has 4 aromatic heterocycles. The molecule has 0 radical (unpaired) electrons. The summed E-state index contributed by atoms with van der Waals surface area (Å²) in [4.78, 5) is 4.59. The fourth-order valence-corrected chi connectivity index (χ4v) is 16.0. The first-order valence-corrected chi connectivity index (χ1v) is 28.2. The van der Waals surface area contributed by atoms with Crippen molar-refractivity contribution in [2.75, 3.05) is 0 Å². The first kappa shape index (κ1) is 41.8. The van der Waals surface area contributed by atoms with Gasteiger partial charge in [0.1, 0.15) is 6.07 Å². The molecule has 0 unspecified atom stereocenters. The maximum Gasteiger partial charge on any atom is 0.220 e. The molecule has 0 aliphatic rings. The molecule has 0 saturated heterocycles. The van der Waals surface area contributed by atoms with Gasteiger partial charge in [0.2, 0.25) is 5.69 Å². The van der Waals surface area contributed by atoms with Gasteiger partial charge >= 0.3 is 0 Å². The number of rotatable bonds is 6. The molecule has 0 bridgehead atoms. The monoisotopic (exact) mass is 1050 g/mol. The van der Waals surface area contributed by atoms with Gasteiger partial charge in [0.15, 0.2) is 0 Å². The van der Waals surface area contributed by atoms with Crippen molar-refractivity contribution in [3.8, 4) is 62.0 Å². The van der Waals surface area contributed by atoms with Crippen LogP contribution in [0.1, 0.15) is 9.68 Å². The van der Waals surface area contributed by atoms with E-state index in [1.54, 1.807) is 22.7 Å². The Bertz CT molecular complexity index is 5560. The van der Waals surface area contributed by atoms with E-state index in [1.165, 1.54) is 0 Å². The second-order valence-electron chi connectivity index (χ2n) is 20.5. The molecule has 6 heteroatoms. The number of thiophene rings is 2. The molecule has 17 aromatic rings. The first-order valence-electron chi connectivity index (χ1n) is 28.1. The largest absolute Gasteiger partial charge is 0.318 e. The van der Waals surface area contributed by atoms with Gasteiger partial charge in [-0.25, -0.2) is 4.85 Å². The number of fused-ring (bicyclic) bond motifs is 14. The van der Waals surface area contributed by atoms with E-state index in [1.807, 2.05) is 83.4 Å². The minimum atomic E-state index is -0.205. The van der Waals surface area contributed by atoms with Crippen molar-refractivity contribution >= 4 is 134 Å². The standard InChI is InChI=1S/C74H40N4S2/c1-76-66-62(45-24-10-4-11-25-45)59(42-75)67(63(46-26-12-5-13-27-46)70(66)77-60-36-18-32-51-49-28-14-15-29-50(49)52-33-19-37-61(77)65(52)64(51)60)78-68-53(38-40-57-55-34-16-30-47(71(55)79-73(57)68)43-20-6-2-7-21-43)54-39-41-58-56-35-17-31-48(44-22-8-3-9-23-44)72(56)80-74(58)69(54)78/h2-41H/i18D,32D,36D. The highest BCUT2D eigenvalue weighted by Crippen LogP contribution is 2.56. The number of nitrogens with zero attached hydrogens (tertiary/aromatic N) is 4. The molecule has 0 atom stereocenters. The van der Waals surface area contributed by atoms with Crippen LogP contribution in [-0.2, 0) is 0 Å². The highest BCUT2D eigenvalue weighted by atomic mass is 32.1. The molecular formula is C74H40N4S2. The van der Waals surface area contributed by atoms with E-state index in [4.69, 9.17) is 0 Å². The molecule has 13 aromatic carbocycles. The highest BCUT2D eigenvalue weighted by Gasteiger charge is 2.34. The van der Waals surface area contributed by atoms with E-state index >= 15 is 0 Å². The van der Waals surface area contributed by atoms with E-state index < -0.39 is 0 Å². The van der Waals surface area contributed by atoms with Crippen LogP contribution < -0.4 is 0 Å². The molecule has 0 amide bonds. The fourth-order valence-electron chi connectivity index (χ4n) is 13.2. The van der Waals surface area contributed by atoms with E-state index in [2.05, 4.69) is 161 Å². The predicted octanol–water partition coefficient (Wildman–Crippen LogP) is 21.5. The van der Waals surface area contributed by atoms with Crippen LogP contribution in [0.5, 0.6) is 0 Å². The van der Waals surface area contributed by atoms with Gasteiger partial charge in [-0.05, 0) is 67.0 Å². The normalized spacial score (nSPS) is 12.5. The third kappa shape index (κ3) is 6.06. The lowest BCUT2D eigenvalue weighted by atomic mass is 9.88. The number of hydrogen-bond donors (Lipinski definition) is 0. The Kier molecular flexibility index (Phi) is 8.92. The van der Waals surface area contributed by atoms with Crippen molar-refractivity contribution in [1.82, 2.24) is 9.13 Å². The Morgan fingerprint density at radius 2 is 0.838 bits per heavy atom. The smallest absolute Gasteiger partial charge is 0.220 e. The van der Waals surface area contributed by atoms with Crippen molar-refractivity contribution in [1.29, 1.82) is 5.26 Å². The van der Waals surface area contributed by atoms with Crippen molar-refractivity contribution in [2.45, 2.75) is 0 Å². The molecule has 0 aliphatic carbocycles. The van der Waals surface area contributed by atoms with Crippen molar-refractivity contribution in [3.63, 3.8) is 0 Å². The molecule has 17 rings (SSSR count). The Morgan fingerprint density at radius 3 is 1.39 bits per heavy atom. The average molecular weight is 1050 g/mol. The van der Waals surface area contributed by atoms with Gasteiger partial charge < -0.3 is 9.13 Å². The lowest BCUT2D eigenvalue weighted by Crippen LogP contribution is -2.09. The minimum Gasteiger partial charge on any atom is -0.318 e. The zero-order chi connectivity index (χ0) is 55.4. The Hall–Kier alpha value is -10.3. The molecule has 0 spiro atoms. The van der Waals surface area contributed by atoms with Gasteiger partial charge in [-0.2, -0.15) is 5.26 Å². The maximum absolute atomic E-state index is 12.5. The molecule has 80 heavy (non-hydrogen) atoms. The summed E-state index contributed by atoms with van der Waals surface area (Å²) < 4.78 is 38.3. The third-order valence-corrected chi connectivity index (χ3v) is 19.0. The molecule has 0 N–H and O–H groups in total. The highest BCUT2D eigenvalue weighted by molar-refractivity contribution is 7.28. The van der Waals surface area contributed by atoms with Crippen LogP contribution >= 0.6 is 22.7 Å². The maximum atomic E-state index is 12.5. The summed E-state index contributed by atoms with van der Waals surface area (Å²) in [6, 6.07) is 80.0. The summed E-state index contributed by atoms with van der Waals surface area (Å²) >= 11 is 3.53. The van der Waals surface area contributed by atoms with Crippen molar-refractivity contribution in [2.24, 2.45) is 0 Å². The number of benzene rings is 13. The topological polar surface area (TPSA) is 38.0 Å². The summed E-state index contributed by atoms with van der Waals surface area (Å²) in [6.45, 7) is 9.57. The average Bonchev–Trinajstić information content (AvgIpc) is 1.68.